The lowest BCUT2D eigenvalue weighted by Gasteiger charge is -2.18. The number of carbonyl (C=O) groups excluding carboxylic acids is 2. The van der Waals surface area contributed by atoms with E-state index in [-0.39, 0.29) is 11.6 Å². The molecule has 1 aliphatic rings. The van der Waals surface area contributed by atoms with Crippen molar-refractivity contribution in [3.63, 3.8) is 0 Å². The fourth-order valence-electron chi connectivity index (χ4n) is 2.00. The molecule has 2 rings (SSSR count). The first kappa shape index (κ1) is 11.6. The molecule has 0 aliphatic heterocycles. The Morgan fingerprint density at radius 3 is 2.00 bits per heavy atom. The highest BCUT2D eigenvalue weighted by Crippen LogP contribution is 2.25. The van der Waals surface area contributed by atoms with E-state index in [1.54, 1.807) is 20.8 Å². The van der Waals surface area contributed by atoms with E-state index < -0.39 is 0 Å². The van der Waals surface area contributed by atoms with E-state index in [1.165, 1.54) is 0 Å². The van der Waals surface area contributed by atoms with Crippen LogP contribution in [0.15, 0.2) is 46.8 Å². The molecule has 1 aliphatic carbocycles. The molecule has 0 radical (unpaired) electrons. The van der Waals surface area contributed by atoms with E-state index in [2.05, 4.69) is 0 Å². The van der Waals surface area contributed by atoms with Gasteiger partial charge in [0.2, 0.25) is 0 Å². The average molecular weight is 229 g/mol. The average Bonchev–Trinajstić information content (AvgIpc) is 2.82. The maximum absolute atomic E-state index is 12.1. The van der Waals surface area contributed by atoms with Crippen LogP contribution in [0.3, 0.4) is 0 Å². The summed E-state index contributed by atoms with van der Waals surface area (Å²) in [4.78, 5) is 24.1. The summed E-state index contributed by atoms with van der Waals surface area (Å²) in [5.74, 6) is -0.0162. The van der Waals surface area contributed by atoms with Gasteiger partial charge in [-0.3, -0.25) is 9.59 Å². The van der Waals surface area contributed by atoms with Crippen molar-refractivity contribution in [1.29, 1.82) is 0 Å². The molecule has 88 valence electrons. The number of aromatic nitrogens is 1. The summed E-state index contributed by atoms with van der Waals surface area (Å²) in [7, 11) is 0. The lowest BCUT2D eigenvalue weighted by Crippen LogP contribution is -2.23. The molecule has 1 heterocycles. The molecule has 1 aromatic rings. The van der Waals surface area contributed by atoms with Gasteiger partial charge in [0.15, 0.2) is 11.6 Å². The fourth-order valence-corrected chi connectivity index (χ4v) is 2.00. The van der Waals surface area contributed by atoms with Crippen LogP contribution in [-0.2, 0) is 16.1 Å². The molecule has 0 N–H and O–H groups in total. The minimum Gasteiger partial charge on any atom is -0.350 e. The lowest BCUT2D eigenvalue weighted by atomic mass is 9.86. The molecular weight excluding hydrogens is 214 g/mol. The van der Waals surface area contributed by atoms with Gasteiger partial charge in [-0.2, -0.15) is 0 Å². The molecule has 0 aromatic carbocycles. The van der Waals surface area contributed by atoms with Crippen molar-refractivity contribution in [2.75, 3.05) is 0 Å². The molecule has 0 spiro atoms. The van der Waals surface area contributed by atoms with Gasteiger partial charge >= 0.3 is 0 Å². The first-order chi connectivity index (χ1) is 8.02. The minimum absolute atomic E-state index is 0.00620. The molecule has 0 atom stereocenters. The van der Waals surface area contributed by atoms with E-state index in [0.29, 0.717) is 28.8 Å². The SMILES string of the molecule is CC1=C(C)C(=O)C(Cn2cccc2)=C(C)C1=O. The summed E-state index contributed by atoms with van der Waals surface area (Å²) in [5.41, 5.74) is 2.33. The summed E-state index contributed by atoms with van der Waals surface area (Å²) in [6, 6.07) is 3.80. The molecule has 0 amide bonds. The normalized spacial score (nSPS) is 17.1. The second-order valence-electron chi connectivity index (χ2n) is 4.37. The summed E-state index contributed by atoms with van der Waals surface area (Å²) < 4.78 is 1.90. The van der Waals surface area contributed by atoms with Gasteiger partial charge in [0, 0.05) is 34.7 Å². The molecule has 0 bridgehead atoms. The maximum atomic E-state index is 12.1. The van der Waals surface area contributed by atoms with E-state index in [1.807, 2.05) is 29.1 Å². The summed E-state index contributed by atoms with van der Waals surface area (Å²) in [6.45, 7) is 5.63. The van der Waals surface area contributed by atoms with E-state index in [4.69, 9.17) is 0 Å². The third kappa shape index (κ3) is 1.88. The Bertz CT molecular complexity index is 545. The second-order valence-corrected chi connectivity index (χ2v) is 4.37. The van der Waals surface area contributed by atoms with Gasteiger partial charge in [-0.05, 0) is 32.9 Å². The van der Waals surface area contributed by atoms with Crippen molar-refractivity contribution in [3.05, 3.63) is 46.8 Å². The van der Waals surface area contributed by atoms with Crippen molar-refractivity contribution in [3.8, 4) is 0 Å². The Kier molecular flexibility index (Phi) is 2.84. The molecule has 0 saturated carbocycles. The smallest absolute Gasteiger partial charge is 0.187 e. The number of Topliss-reactive ketones (excluding diaryl/α,β-unsaturated/α-hetero) is 2. The predicted molar refractivity (Wildman–Crippen MR) is 65.5 cm³/mol. The Balaban J connectivity index is 2.40. The number of ketones is 2. The highest BCUT2D eigenvalue weighted by atomic mass is 16.1. The zero-order chi connectivity index (χ0) is 12.6. The van der Waals surface area contributed by atoms with Crippen LogP contribution in [0.4, 0.5) is 0 Å². The number of nitrogens with zero attached hydrogens (tertiary/aromatic N) is 1. The molecule has 3 nitrogen and oxygen atoms in total. The topological polar surface area (TPSA) is 39.1 Å². The molecule has 1 aromatic heterocycles. The van der Waals surface area contributed by atoms with Crippen LogP contribution < -0.4 is 0 Å². The van der Waals surface area contributed by atoms with Gasteiger partial charge in [0.1, 0.15) is 0 Å². The van der Waals surface area contributed by atoms with Crippen LogP contribution >= 0.6 is 0 Å². The van der Waals surface area contributed by atoms with Crippen LogP contribution in [0.5, 0.6) is 0 Å². The zero-order valence-electron chi connectivity index (χ0n) is 10.3. The monoisotopic (exact) mass is 229 g/mol. The quantitative estimate of drug-likeness (QED) is 0.730. The first-order valence-corrected chi connectivity index (χ1v) is 5.59. The van der Waals surface area contributed by atoms with Gasteiger partial charge in [-0.25, -0.2) is 0 Å². The number of hydrogen-bond donors (Lipinski definition) is 0. The number of rotatable bonds is 2. The highest BCUT2D eigenvalue weighted by molar-refractivity contribution is 6.24. The zero-order valence-corrected chi connectivity index (χ0v) is 10.3. The molecular formula is C14H15NO2. The number of allylic oxidation sites excluding steroid dienone is 4. The lowest BCUT2D eigenvalue weighted by molar-refractivity contribution is -0.116. The van der Waals surface area contributed by atoms with Crippen molar-refractivity contribution in [2.24, 2.45) is 0 Å². The first-order valence-electron chi connectivity index (χ1n) is 5.59. The van der Waals surface area contributed by atoms with Gasteiger partial charge in [-0.15, -0.1) is 0 Å². The van der Waals surface area contributed by atoms with Crippen LogP contribution in [0, 0.1) is 0 Å². The second kappa shape index (κ2) is 4.17. The Morgan fingerprint density at radius 1 is 0.882 bits per heavy atom. The maximum Gasteiger partial charge on any atom is 0.187 e. The van der Waals surface area contributed by atoms with Crippen molar-refractivity contribution in [2.45, 2.75) is 27.3 Å². The van der Waals surface area contributed by atoms with Crippen molar-refractivity contribution >= 4 is 11.6 Å². The van der Waals surface area contributed by atoms with E-state index in [0.717, 1.165) is 0 Å². The van der Waals surface area contributed by atoms with Crippen LogP contribution in [0.2, 0.25) is 0 Å². The van der Waals surface area contributed by atoms with E-state index in [9.17, 15) is 9.59 Å². The summed E-state index contributed by atoms with van der Waals surface area (Å²) in [5, 5.41) is 0. The number of carbonyl (C=O) groups is 2. The third-order valence-corrected chi connectivity index (χ3v) is 3.32. The standard InChI is InChI=1S/C14H15NO2/c1-9-10(2)14(17)12(11(3)13(9)16)8-15-6-4-5-7-15/h4-7H,8H2,1-3H3. The van der Waals surface area contributed by atoms with Crippen molar-refractivity contribution in [1.82, 2.24) is 4.57 Å². The van der Waals surface area contributed by atoms with Gasteiger partial charge < -0.3 is 4.57 Å². The molecule has 0 fully saturated rings. The van der Waals surface area contributed by atoms with E-state index >= 15 is 0 Å². The van der Waals surface area contributed by atoms with Crippen LogP contribution in [0.25, 0.3) is 0 Å². The molecule has 0 unspecified atom stereocenters. The molecule has 17 heavy (non-hydrogen) atoms. The Labute approximate surface area is 100 Å². The fraction of sp³-hybridized carbons (Fsp3) is 0.286. The Morgan fingerprint density at radius 2 is 1.41 bits per heavy atom. The highest BCUT2D eigenvalue weighted by Gasteiger charge is 2.27. The van der Waals surface area contributed by atoms with Crippen LogP contribution in [0.1, 0.15) is 20.8 Å². The summed E-state index contributed by atoms with van der Waals surface area (Å²) >= 11 is 0. The van der Waals surface area contributed by atoms with Gasteiger partial charge in [0.05, 0.1) is 6.54 Å². The summed E-state index contributed by atoms with van der Waals surface area (Å²) in [6.07, 6.45) is 3.77. The van der Waals surface area contributed by atoms with Gasteiger partial charge in [0.25, 0.3) is 0 Å². The molecule has 0 saturated heterocycles. The predicted octanol–water partition coefficient (Wildman–Crippen LogP) is 2.29. The largest absolute Gasteiger partial charge is 0.350 e. The van der Waals surface area contributed by atoms with Gasteiger partial charge in [-0.1, -0.05) is 0 Å². The van der Waals surface area contributed by atoms with Crippen LogP contribution in [-0.4, -0.2) is 16.1 Å². The van der Waals surface area contributed by atoms with Crippen molar-refractivity contribution < 1.29 is 9.59 Å². The molecule has 3 heteroatoms. The Hall–Kier alpha value is -1.90. The third-order valence-electron chi connectivity index (χ3n) is 3.32. The minimum atomic E-state index is -0.00995. The number of hydrogen-bond acceptors (Lipinski definition) is 2.